The lowest BCUT2D eigenvalue weighted by molar-refractivity contribution is -0.154. The van der Waals surface area contributed by atoms with Crippen LogP contribution in [-0.4, -0.2) is 23.7 Å². The van der Waals surface area contributed by atoms with Crippen LogP contribution in [0.4, 0.5) is 23.2 Å². The number of amides is 1. The van der Waals surface area contributed by atoms with Gasteiger partial charge in [-0.05, 0) is 24.3 Å². The zero-order valence-corrected chi connectivity index (χ0v) is 12.1. The summed E-state index contributed by atoms with van der Waals surface area (Å²) in [4.78, 5) is 15.7. The van der Waals surface area contributed by atoms with Crippen molar-refractivity contribution < 1.29 is 27.1 Å². The van der Waals surface area contributed by atoms with E-state index in [1.807, 2.05) is 0 Å². The highest BCUT2D eigenvalue weighted by atomic mass is 35.5. The van der Waals surface area contributed by atoms with Crippen LogP contribution in [0.5, 0.6) is 5.88 Å². The number of halogens is 5. The maximum absolute atomic E-state index is 13.7. The number of benzene rings is 1. The van der Waals surface area contributed by atoms with Crippen LogP contribution in [0.2, 0.25) is 5.02 Å². The van der Waals surface area contributed by atoms with Gasteiger partial charge in [0.2, 0.25) is 5.88 Å². The summed E-state index contributed by atoms with van der Waals surface area (Å²) in [6.07, 6.45) is -3.41. The Bertz CT molecular complexity index is 722. The zero-order chi connectivity index (χ0) is 17.0. The predicted molar refractivity (Wildman–Crippen MR) is 75.2 cm³/mol. The minimum Gasteiger partial charge on any atom is -0.467 e. The smallest absolute Gasteiger partial charge is 0.422 e. The molecule has 1 aromatic carbocycles. The van der Waals surface area contributed by atoms with Crippen molar-refractivity contribution in [3.05, 3.63) is 52.9 Å². The highest BCUT2D eigenvalue weighted by Crippen LogP contribution is 2.24. The van der Waals surface area contributed by atoms with Gasteiger partial charge in [0.15, 0.2) is 12.4 Å². The number of rotatable bonds is 4. The maximum atomic E-state index is 13.7. The van der Waals surface area contributed by atoms with Gasteiger partial charge in [0.1, 0.15) is 5.56 Å². The monoisotopic (exact) mass is 348 g/mol. The molecular formula is C14H9ClF4N2O2. The number of pyridine rings is 1. The minimum atomic E-state index is -4.58. The van der Waals surface area contributed by atoms with E-state index in [0.29, 0.717) is 0 Å². The summed E-state index contributed by atoms with van der Waals surface area (Å²) in [5.41, 5.74) is -0.482. The van der Waals surface area contributed by atoms with E-state index in [-0.39, 0.29) is 16.3 Å². The SMILES string of the molecule is O=C(Nc1cccc(Cl)c1F)c1cccnc1OCC(F)(F)F. The number of hydrogen-bond acceptors (Lipinski definition) is 3. The standard InChI is InChI=1S/C14H9ClF4N2O2/c15-9-4-1-5-10(11(9)16)21-12(22)8-3-2-6-20-13(8)23-7-14(17,18)19/h1-6H,7H2,(H,21,22). The number of nitrogens with zero attached hydrogens (tertiary/aromatic N) is 1. The molecule has 0 saturated heterocycles. The third-order valence-electron chi connectivity index (χ3n) is 2.59. The molecule has 2 aromatic rings. The number of ether oxygens (including phenoxy) is 1. The molecule has 23 heavy (non-hydrogen) atoms. The molecule has 0 aliphatic rings. The van der Waals surface area contributed by atoms with Gasteiger partial charge in [0.25, 0.3) is 5.91 Å². The molecule has 0 aliphatic carbocycles. The van der Waals surface area contributed by atoms with Crippen LogP contribution in [0.15, 0.2) is 36.5 Å². The third kappa shape index (κ3) is 4.56. The van der Waals surface area contributed by atoms with Gasteiger partial charge in [-0.1, -0.05) is 17.7 Å². The summed E-state index contributed by atoms with van der Waals surface area (Å²) in [5, 5.41) is 2.00. The first kappa shape index (κ1) is 17.0. The number of hydrogen-bond donors (Lipinski definition) is 1. The van der Waals surface area contributed by atoms with Gasteiger partial charge in [-0.25, -0.2) is 9.37 Å². The third-order valence-corrected chi connectivity index (χ3v) is 2.88. The molecule has 0 fully saturated rings. The summed E-state index contributed by atoms with van der Waals surface area (Å²) in [6, 6.07) is 6.49. The maximum Gasteiger partial charge on any atom is 0.422 e. The van der Waals surface area contributed by atoms with Gasteiger partial charge in [-0.2, -0.15) is 13.2 Å². The van der Waals surface area contributed by atoms with E-state index in [2.05, 4.69) is 15.0 Å². The fourth-order valence-corrected chi connectivity index (χ4v) is 1.79. The van der Waals surface area contributed by atoms with E-state index < -0.39 is 30.4 Å². The van der Waals surface area contributed by atoms with Gasteiger partial charge in [-0.15, -0.1) is 0 Å². The summed E-state index contributed by atoms with van der Waals surface area (Å²) in [5.74, 6) is -2.25. The number of nitrogens with one attached hydrogen (secondary N) is 1. The van der Waals surface area contributed by atoms with E-state index in [9.17, 15) is 22.4 Å². The van der Waals surface area contributed by atoms with Crippen molar-refractivity contribution >= 4 is 23.2 Å². The van der Waals surface area contributed by atoms with Crippen molar-refractivity contribution in [3.8, 4) is 5.88 Å². The fourth-order valence-electron chi connectivity index (χ4n) is 1.62. The molecule has 1 amide bonds. The second-order valence-corrected chi connectivity index (χ2v) is 4.72. The zero-order valence-electron chi connectivity index (χ0n) is 11.3. The Morgan fingerprint density at radius 1 is 1.26 bits per heavy atom. The molecule has 0 bridgehead atoms. The number of carbonyl (C=O) groups is 1. The largest absolute Gasteiger partial charge is 0.467 e. The molecule has 0 saturated carbocycles. The molecule has 0 spiro atoms. The van der Waals surface area contributed by atoms with Crippen LogP contribution >= 0.6 is 11.6 Å². The lowest BCUT2D eigenvalue weighted by atomic mass is 10.2. The second-order valence-electron chi connectivity index (χ2n) is 4.32. The number of aromatic nitrogens is 1. The predicted octanol–water partition coefficient (Wildman–Crippen LogP) is 4.07. The van der Waals surface area contributed by atoms with Crippen LogP contribution in [0.1, 0.15) is 10.4 Å². The van der Waals surface area contributed by atoms with Gasteiger partial charge < -0.3 is 10.1 Å². The van der Waals surface area contributed by atoms with Crippen molar-refractivity contribution in [2.45, 2.75) is 6.18 Å². The molecule has 0 unspecified atom stereocenters. The fraction of sp³-hybridized carbons (Fsp3) is 0.143. The number of anilines is 1. The van der Waals surface area contributed by atoms with E-state index in [0.717, 1.165) is 0 Å². The first-order valence-corrected chi connectivity index (χ1v) is 6.55. The van der Waals surface area contributed by atoms with Crippen LogP contribution in [0.3, 0.4) is 0 Å². The Morgan fingerprint density at radius 3 is 2.70 bits per heavy atom. The Labute approximate surface area is 133 Å². The first-order valence-electron chi connectivity index (χ1n) is 6.18. The summed E-state index contributed by atoms with van der Waals surface area (Å²) in [7, 11) is 0. The number of carbonyl (C=O) groups excluding carboxylic acids is 1. The molecule has 0 radical (unpaired) electrons. The van der Waals surface area contributed by atoms with Crippen LogP contribution in [-0.2, 0) is 0 Å². The Hall–Kier alpha value is -2.35. The van der Waals surface area contributed by atoms with Crippen molar-refractivity contribution in [2.24, 2.45) is 0 Å². The van der Waals surface area contributed by atoms with E-state index >= 15 is 0 Å². The van der Waals surface area contributed by atoms with E-state index in [1.165, 1.54) is 36.5 Å². The molecule has 0 aliphatic heterocycles. The van der Waals surface area contributed by atoms with Crippen LogP contribution in [0, 0.1) is 5.82 Å². The molecular weight excluding hydrogens is 340 g/mol. The van der Waals surface area contributed by atoms with E-state index in [4.69, 9.17) is 11.6 Å². The minimum absolute atomic E-state index is 0.206. The Kier molecular flexibility index (Phi) is 5.05. The van der Waals surface area contributed by atoms with E-state index in [1.54, 1.807) is 0 Å². The molecule has 122 valence electrons. The van der Waals surface area contributed by atoms with Crippen molar-refractivity contribution in [1.29, 1.82) is 0 Å². The summed E-state index contributed by atoms with van der Waals surface area (Å²) in [6.45, 7) is -1.60. The molecule has 0 atom stereocenters. The lowest BCUT2D eigenvalue weighted by Crippen LogP contribution is -2.22. The van der Waals surface area contributed by atoms with Crippen molar-refractivity contribution in [2.75, 3.05) is 11.9 Å². The van der Waals surface area contributed by atoms with Gasteiger partial charge in [0.05, 0.1) is 10.7 Å². The van der Waals surface area contributed by atoms with Crippen molar-refractivity contribution in [1.82, 2.24) is 4.98 Å². The highest BCUT2D eigenvalue weighted by Gasteiger charge is 2.29. The molecule has 4 nitrogen and oxygen atoms in total. The first-order chi connectivity index (χ1) is 10.8. The highest BCUT2D eigenvalue weighted by molar-refractivity contribution is 6.31. The second kappa shape index (κ2) is 6.82. The molecule has 2 rings (SSSR count). The molecule has 9 heteroatoms. The summed E-state index contributed by atoms with van der Waals surface area (Å²) >= 11 is 5.59. The number of alkyl halides is 3. The average molecular weight is 349 g/mol. The lowest BCUT2D eigenvalue weighted by Gasteiger charge is -2.12. The van der Waals surface area contributed by atoms with Gasteiger partial charge in [-0.3, -0.25) is 4.79 Å². The topological polar surface area (TPSA) is 51.2 Å². The Balaban J connectivity index is 2.21. The van der Waals surface area contributed by atoms with Gasteiger partial charge >= 0.3 is 6.18 Å². The summed E-state index contributed by atoms with van der Waals surface area (Å²) < 4.78 is 54.8. The Morgan fingerprint density at radius 2 is 2.00 bits per heavy atom. The van der Waals surface area contributed by atoms with Crippen molar-refractivity contribution in [3.63, 3.8) is 0 Å². The van der Waals surface area contributed by atoms with Gasteiger partial charge in [0, 0.05) is 6.20 Å². The molecule has 1 aromatic heterocycles. The normalized spacial score (nSPS) is 11.2. The molecule has 1 heterocycles. The average Bonchev–Trinajstić information content (AvgIpc) is 2.49. The molecule has 1 N–H and O–H groups in total. The van der Waals surface area contributed by atoms with Crippen LogP contribution in [0.25, 0.3) is 0 Å². The quantitative estimate of drug-likeness (QED) is 0.847. The van der Waals surface area contributed by atoms with Crippen LogP contribution < -0.4 is 10.1 Å².